The van der Waals surface area contributed by atoms with Crippen molar-refractivity contribution in [1.29, 1.82) is 0 Å². The number of halogens is 1. The van der Waals surface area contributed by atoms with Crippen molar-refractivity contribution in [2.24, 2.45) is 4.99 Å². The summed E-state index contributed by atoms with van der Waals surface area (Å²) in [6, 6.07) is 16.2. The van der Waals surface area contributed by atoms with E-state index in [2.05, 4.69) is 16.9 Å². The fourth-order valence-electron chi connectivity index (χ4n) is 2.87. The second-order valence-electron chi connectivity index (χ2n) is 7.40. The van der Waals surface area contributed by atoms with Crippen LogP contribution >= 0.6 is 0 Å². The molecule has 2 aromatic carbocycles. The number of carbonyl (C=O) groups excluding carboxylic acids is 2. The molecule has 0 atom stereocenters. The van der Waals surface area contributed by atoms with Crippen LogP contribution in [0.4, 0.5) is 9.18 Å². The number of alkyl halides is 1. The molecule has 8 heteroatoms. The third-order valence-corrected chi connectivity index (χ3v) is 4.61. The minimum Gasteiger partial charge on any atom is -0.497 e. The number of rotatable bonds is 9. The predicted molar refractivity (Wildman–Crippen MR) is 127 cm³/mol. The van der Waals surface area contributed by atoms with E-state index in [4.69, 9.17) is 4.74 Å². The standard InChI is InChI=1S/C25H29FN4O3/c1-19(15-26)14-20(2)27-24(28-25(32)29(3)16-21-8-6-5-7-9-21)30(18-31)17-22-10-12-23(33-4)13-11-22/h5-14,18H,2,15-17H2,1,3-4H3,(H,27,28,32)/b19-14+. The van der Waals surface area contributed by atoms with Gasteiger partial charge < -0.3 is 9.64 Å². The number of urea groups is 1. The molecule has 0 heterocycles. The zero-order valence-electron chi connectivity index (χ0n) is 19.1. The van der Waals surface area contributed by atoms with E-state index in [0.29, 0.717) is 24.3 Å². The van der Waals surface area contributed by atoms with Crippen LogP contribution in [0.2, 0.25) is 0 Å². The quantitative estimate of drug-likeness (QED) is 0.267. The van der Waals surface area contributed by atoms with Gasteiger partial charge in [0.15, 0.2) is 0 Å². The lowest BCUT2D eigenvalue weighted by molar-refractivity contribution is -0.115. The normalized spacial score (nSPS) is 11.5. The van der Waals surface area contributed by atoms with Crippen molar-refractivity contribution in [3.8, 4) is 5.75 Å². The first kappa shape index (κ1) is 25.3. The molecule has 0 spiro atoms. The van der Waals surface area contributed by atoms with Gasteiger partial charge >= 0.3 is 6.03 Å². The monoisotopic (exact) mass is 452 g/mol. The first-order chi connectivity index (χ1) is 15.9. The van der Waals surface area contributed by atoms with Crippen molar-refractivity contribution in [3.05, 3.63) is 89.6 Å². The van der Waals surface area contributed by atoms with Gasteiger partial charge in [0.2, 0.25) is 12.4 Å². The highest BCUT2D eigenvalue weighted by Crippen LogP contribution is 2.13. The van der Waals surface area contributed by atoms with E-state index in [1.807, 2.05) is 30.3 Å². The largest absolute Gasteiger partial charge is 0.497 e. The highest BCUT2D eigenvalue weighted by molar-refractivity contribution is 6.00. The first-order valence-electron chi connectivity index (χ1n) is 10.3. The van der Waals surface area contributed by atoms with Crippen LogP contribution in [-0.2, 0) is 17.9 Å². The molecule has 0 aliphatic heterocycles. The Bertz CT molecular complexity index is 1000. The van der Waals surface area contributed by atoms with E-state index >= 15 is 0 Å². The summed E-state index contributed by atoms with van der Waals surface area (Å²) in [6.45, 7) is 5.25. The molecule has 3 amide bonds. The SMILES string of the molecule is C=C(/C=C(\C)CF)N=C(NC(=O)N(C)Cc1ccccc1)N(C=O)Cc1ccc(OC)cc1. The fourth-order valence-corrected chi connectivity index (χ4v) is 2.87. The lowest BCUT2D eigenvalue weighted by atomic mass is 10.2. The minimum atomic E-state index is -0.653. The van der Waals surface area contributed by atoms with E-state index in [1.54, 1.807) is 45.3 Å². The summed E-state index contributed by atoms with van der Waals surface area (Å²) in [5, 5.41) is 2.68. The molecule has 174 valence electrons. The first-order valence-corrected chi connectivity index (χ1v) is 10.3. The van der Waals surface area contributed by atoms with E-state index < -0.39 is 12.7 Å². The summed E-state index contributed by atoms with van der Waals surface area (Å²) in [7, 11) is 3.20. The van der Waals surface area contributed by atoms with Gasteiger partial charge in [-0.05, 0) is 41.8 Å². The Labute approximate surface area is 193 Å². The number of guanidine groups is 1. The third-order valence-electron chi connectivity index (χ3n) is 4.61. The van der Waals surface area contributed by atoms with Crippen LogP contribution in [0.1, 0.15) is 18.1 Å². The Morgan fingerprint density at radius 1 is 1.12 bits per heavy atom. The Kier molecular flexibility index (Phi) is 9.82. The molecule has 0 radical (unpaired) electrons. The van der Waals surface area contributed by atoms with Crippen LogP contribution in [0.25, 0.3) is 0 Å². The zero-order chi connectivity index (χ0) is 24.2. The van der Waals surface area contributed by atoms with Gasteiger partial charge in [0.1, 0.15) is 12.4 Å². The van der Waals surface area contributed by atoms with Gasteiger partial charge in [-0.1, -0.05) is 49.0 Å². The lowest BCUT2D eigenvalue weighted by Crippen LogP contribution is -2.47. The topological polar surface area (TPSA) is 74.2 Å². The Morgan fingerprint density at radius 3 is 2.33 bits per heavy atom. The third kappa shape index (κ3) is 8.25. The van der Waals surface area contributed by atoms with Gasteiger partial charge in [-0.25, -0.2) is 14.2 Å². The number of benzene rings is 2. The summed E-state index contributed by atoms with van der Waals surface area (Å²) in [5.41, 5.74) is 2.37. The van der Waals surface area contributed by atoms with Crippen molar-refractivity contribution in [3.63, 3.8) is 0 Å². The number of nitrogens with one attached hydrogen (secondary N) is 1. The average molecular weight is 453 g/mol. The van der Waals surface area contributed by atoms with Crippen LogP contribution in [0, 0.1) is 0 Å². The molecule has 1 N–H and O–H groups in total. The molecular weight excluding hydrogens is 423 g/mol. The number of ether oxygens (including phenoxy) is 1. The molecule has 2 rings (SSSR count). The predicted octanol–water partition coefficient (Wildman–Crippen LogP) is 4.28. The smallest absolute Gasteiger partial charge is 0.324 e. The summed E-state index contributed by atoms with van der Waals surface area (Å²) in [4.78, 5) is 31.8. The van der Waals surface area contributed by atoms with E-state index in [0.717, 1.165) is 11.1 Å². The van der Waals surface area contributed by atoms with Crippen molar-refractivity contribution in [2.45, 2.75) is 20.0 Å². The minimum absolute atomic E-state index is 0.0152. The molecule has 7 nitrogen and oxygen atoms in total. The van der Waals surface area contributed by atoms with Gasteiger partial charge in [-0.3, -0.25) is 15.0 Å². The molecule has 0 aromatic heterocycles. The number of hydrogen-bond donors (Lipinski definition) is 1. The van der Waals surface area contributed by atoms with Gasteiger partial charge in [0, 0.05) is 13.6 Å². The average Bonchev–Trinajstić information content (AvgIpc) is 2.82. The molecular formula is C25H29FN4O3. The number of allylic oxidation sites excluding steroid dienone is 2. The van der Waals surface area contributed by atoms with E-state index in [9.17, 15) is 14.0 Å². The van der Waals surface area contributed by atoms with Crippen LogP contribution in [0.3, 0.4) is 0 Å². The number of carbonyl (C=O) groups is 2. The molecule has 0 unspecified atom stereocenters. The molecule has 0 aliphatic carbocycles. The second kappa shape index (κ2) is 12.8. The van der Waals surface area contributed by atoms with E-state index in [1.165, 1.54) is 15.9 Å². The second-order valence-corrected chi connectivity index (χ2v) is 7.40. The van der Waals surface area contributed by atoms with Crippen LogP contribution in [-0.4, -0.2) is 49.0 Å². The highest BCUT2D eigenvalue weighted by Gasteiger charge is 2.18. The van der Waals surface area contributed by atoms with Crippen molar-refractivity contribution < 1.29 is 18.7 Å². The summed E-state index contributed by atoms with van der Waals surface area (Å²) < 4.78 is 18.0. The Hall–Kier alpha value is -3.94. The number of aliphatic imine (C=N–C) groups is 1. The maximum Gasteiger partial charge on any atom is 0.324 e. The molecule has 2 aromatic rings. The van der Waals surface area contributed by atoms with Gasteiger partial charge in [-0.2, -0.15) is 0 Å². The Morgan fingerprint density at radius 2 is 1.76 bits per heavy atom. The van der Waals surface area contributed by atoms with Crippen LogP contribution in [0.5, 0.6) is 5.75 Å². The van der Waals surface area contributed by atoms with Crippen LogP contribution in [0.15, 0.2) is 83.5 Å². The number of methoxy groups -OCH3 is 1. The maximum atomic E-state index is 12.9. The lowest BCUT2D eigenvalue weighted by Gasteiger charge is -2.24. The van der Waals surface area contributed by atoms with Crippen molar-refractivity contribution >= 4 is 18.4 Å². The van der Waals surface area contributed by atoms with Crippen molar-refractivity contribution in [2.75, 3.05) is 20.8 Å². The number of hydrogen-bond acceptors (Lipinski definition) is 4. The fraction of sp³-hybridized carbons (Fsp3) is 0.240. The molecule has 33 heavy (non-hydrogen) atoms. The van der Waals surface area contributed by atoms with Gasteiger partial charge in [0.25, 0.3) is 0 Å². The van der Waals surface area contributed by atoms with Crippen LogP contribution < -0.4 is 10.1 Å². The summed E-state index contributed by atoms with van der Waals surface area (Å²) in [5.74, 6) is 0.667. The van der Waals surface area contributed by atoms with E-state index in [-0.39, 0.29) is 18.2 Å². The molecule has 0 aliphatic rings. The molecule has 0 fully saturated rings. The Balaban J connectivity index is 2.25. The number of amides is 3. The number of nitrogens with zero attached hydrogens (tertiary/aromatic N) is 3. The molecule has 0 bridgehead atoms. The molecule has 0 saturated heterocycles. The zero-order valence-corrected chi connectivity index (χ0v) is 19.1. The van der Waals surface area contributed by atoms with Gasteiger partial charge in [-0.15, -0.1) is 0 Å². The highest BCUT2D eigenvalue weighted by atomic mass is 19.1. The summed E-state index contributed by atoms with van der Waals surface area (Å²) in [6.07, 6.45) is 2.02. The van der Waals surface area contributed by atoms with Crippen molar-refractivity contribution in [1.82, 2.24) is 15.1 Å². The maximum absolute atomic E-state index is 12.9. The van der Waals surface area contributed by atoms with Gasteiger partial charge in [0.05, 0.1) is 19.4 Å². The summed E-state index contributed by atoms with van der Waals surface area (Å²) >= 11 is 0. The molecule has 0 saturated carbocycles.